The summed E-state index contributed by atoms with van der Waals surface area (Å²) >= 11 is 0. The Labute approximate surface area is 266 Å². The van der Waals surface area contributed by atoms with Crippen molar-refractivity contribution in [2.75, 3.05) is 0 Å². The van der Waals surface area contributed by atoms with Gasteiger partial charge in [0, 0.05) is 6.42 Å². The molecule has 1 amide bonds. The van der Waals surface area contributed by atoms with Crippen LogP contribution in [0.1, 0.15) is 58.4 Å². The number of hydrogen-bond donors (Lipinski definition) is 3. The Bertz CT molecular complexity index is 1900. The van der Waals surface area contributed by atoms with Crippen LogP contribution in [0.2, 0.25) is 0 Å². The van der Waals surface area contributed by atoms with Gasteiger partial charge in [-0.05, 0) is 89.1 Å². The highest BCUT2D eigenvalue weighted by molar-refractivity contribution is 5.83. The summed E-state index contributed by atoms with van der Waals surface area (Å²) in [5, 5.41) is 2.73. The van der Waals surface area contributed by atoms with Gasteiger partial charge in [-0.25, -0.2) is 9.59 Å². The van der Waals surface area contributed by atoms with E-state index in [0.717, 1.165) is 11.1 Å². The molecule has 0 radical (unpaired) electrons. The van der Waals surface area contributed by atoms with Crippen LogP contribution in [-0.4, -0.2) is 44.3 Å². The minimum atomic E-state index is -1.08. The van der Waals surface area contributed by atoms with Crippen molar-refractivity contribution in [3.8, 4) is 11.5 Å². The normalized spacial score (nSPS) is 13.2. The summed E-state index contributed by atoms with van der Waals surface area (Å²) in [6.07, 6.45) is 3.64. The van der Waals surface area contributed by atoms with Gasteiger partial charge in [0.25, 0.3) is 11.1 Å². The van der Waals surface area contributed by atoms with Gasteiger partial charge in [0.15, 0.2) is 0 Å². The highest BCUT2D eigenvalue weighted by Gasteiger charge is 2.27. The van der Waals surface area contributed by atoms with Crippen molar-refractivity contribution >= 4 is 24.2 Å². The summed E-state index contributed by atoms with van der Waals surface area (Å²) in [5.74, 6) is 0.0543. The largest absolute Gasteiger partial charge is 0.488 e. The standard InChI is InChI=1S/C35H38N4O7/c1-34(2,3)45-25-15-12-23(13-16-25)19-29(39-33(43)46-35(4,5)6)32(42)44-26-17-14-24(36-21-26)20-28-31(41)37-27(30(40)38-28)18-22-10-8-7-9-11-22/h7-18,20-21,29H,19H2,1-6H3,(H,37,41)(H,38,40)(H,39,43). The Morgan fingerprint density at radius 3 is 1.98 bits per heavy atom. The van der Waals surface area contributed by atoms with E-state index in [4.69, 9.17) is 14.2 Å². The Morgan fingerprint density at radius 2 is 1.41 bits per heavy atom. The van der Waals surface area contributed by atoms with Crippen LogP contribution < -0.4 is 36.6 Å². The molecule has 0 saturated heterocycles. The van der Waals surface area contributed by atoms with E-state index in [-0.39, 0.29) is 28.5 Å². The first-order valence-corrected chi connectivity index (χ1v) is 14.7. The van der Waals surface area contributed by atoms with Gasteiger partial charge >= 0.3 is 12.1 Å². The molecule has 1 unspecified atom stereocenters. The second kappa shape index (κ2) is 14.1. The van der Waals surface area contributed by atoms with Gasteiger partial charge in [-0.2, -0.15) is 0 Å². The summed E-state index contributed by atoms with van der Waals surface area (Å²) in [4.78, 5) is 60.5. The SMILES string of the molecule is CC(C)(C)OC(=O)NC(Cc1ccc(OC(C)(C)C)cc1)C(=O)Oc1ccc(C=c2[nH]c(=O)c(=Cc3ccccc3)[nH]c2=O)nc1. The number of benzene rings is 2. The van der Waals surface area contributed by atoms with Gasteiger partial charge in [0.05, 0.1) is 11.9 Å². The molecule has 0 aliphatic rings. The van der Waals surface area contributed by atoms with Gasteiger partial charge in [-0.3, -0.25) is 14.6 Å². The number of aromatic nitrogens is 3. The number of nitrogens with zero attached hydrogens (tertiary/aromatic N) is 1. The molecule has 2 heterocycles. The average molecular weight is 627 g/mol. The number of carbonyl (C=O) groups excluding carboxylic acids is 2. The minimum Gasteiger partial charge on any atom is -0.488 e. The zero-order chi connectivity index (χ0) is 33.5. The molecule has 0 aliphatic carbocycles. The molecule has 2 aromatic heterocycles. The number of amides is 1. The van der Waals surface area contributed by atoms with Crippen molar-refractivity contribution in [2.45, 2.75) is 65.2 Å². The van der Waals surface area contributed by atoms with E-state index in [1.54, 1.807) is 39.0 Å². The predicted molar refractivity (Wildman–Crippen MR) is 174 cm³/mol. The summed E-state index contributed by atoms with van der Waals surface area (Å²) in [6, 6.07) is 18.3. The second-order valence-corrected chi connectivity index (χ2v) is 12.5. The van der Waals surface area contributed by atoms with Crippen LogP contribution in [0.3, 0.4) is 0 Å². The third-order valence-electron chi connectivity index (χ3n) is 6.13. The Morgan fingerprint density at radius 1 is 0.804 bits per heavy atom. The Balaban J connectivity index is 1.51. The number of H-pyrrole nitrogens is 2. The number of pyridine rings is 1. The molecule has 46 heavy (non-hydrogen) atoms. The topological polar surface area (TPSA) is 152 Å². The van der Waals surface area contributed by atoms with Crippen LogP contribution in [0, 0.1) is 0 Å². The van der Waals surface area contributed by atoms with Gasteiger partial charge in [0.2, 0.25) is 0 Å². The van der Waals surface area contributed by atoms with E-state index in [0.29, 0.717) is 11.4 Å². The second-order valence-electron chi connectivity index (χ2n) is 12.5. The van der Waals surface area contributed by atoms with Crippen molar-refractivity contribution in [3.05, 3.63) is 121 Å². The van der Waals surface area contributed by atoms with E-state index < -0.39 is 34.8 Å². The molecular formula is C35H38N4O7. The molecule has 0 fully saturated rings. The molecule has 0 spiro atoms. The fraction of sp³-hybridized carbons (Fsp3) is 0.286. The zero-order valence-electron chi connectivity index (χ0n) is 26.7. The zero-order valence-corrected chi connectivity index (χ0v) is 26.7. The lowest BCUT2D eigenvalue weighted by atomic mass is 10.1. The quantitative estimate of drug-likeness (QED) is 0.252. The predicted octanol–water partition coefficient (Wildman–Crippen LogP) is 3.33. The first kappa shape index (κ1) is 33.4. The summed E-state index contributed by atoms with van der Waals surface area (Å²) < 4.78 is 16.8. The van der Waals surface area contributed by atoms with Gasteiger partial charge in [-0.1, -0.05) is 42.5 Å². The van der Waals surface area contributed by atoms with Crippen molar-refractivity contribution in [1.29, 1.82) is 0 Å². The van der Waals surface area contributed by atoms with Crippen molar-refractivity contribution in [3.63, 3.8) is 0 Å². The highest BCUT2D eigenvalue weighted by atomic mass is 16.6. The lowest BCUT2D eigenvalue weighted by molar-refractivity contribution is -0.136. The molecule has 11 nitrogen and oxygen atoms in total. The van der Waals surface area contributed by atoms with Crippen molar-refractivity contribution < 1.29 is 23.8 Å². The third kappa shape index (κ3) is 10.3. The molecule has 11 heteroatoms. The number of carbonyl (C=O) groups is 2. The molecule has 2 aromatic carbocycles. The average Bonchev–Trinajstić information content (AvgIpc) is 2.96. The molecule has 0 aliphatic heterocycles. The van der Waals surface area contributed by atoms with Crippen LogP contribution in [0.15, 0.2) is 82.5 Å². The van der Waals surface area contributed by atoms with Crippen LogP contribution >= 0.6 is 0 Å². The molecule has 1 atom stereocenters. The Kier molecular flexibility index (Phi) is 10.3. The molecular weight excluding hydrogens is 588 g/mol. The van der Waals surface area contributed by atoms with Crippen molar-refractivity contribution in [2.24, 2.45) is 0 Å². The number of rotatable bonds is 8. The lowest BCUT2D eigenvalue weighted by Crippen LogP contribution is -2.46. The maximum Gasteiger partial charge on any atom is 0.408 e. The lowest BCUT2D eigenvalue weighted by Gasteiger charge is -2.23. The fourth-order valence-electron chi connectivity index (χ4n) is 4.21. The number of esters is 1. The van der Waals surface area contributed by atoms with Crippen LogP contribution in [-0.2, 0) is 16.0 Å². The molecule has 0 bridgehead atoms. The number of alkyl carbamates (subject to hydrolysis) is 1. The smallest absolute Gasteiger partial charge is 0.408 e. The monoisotopic (exact) mass is 626 g/mol. The Hall–Kier alpha value is -5.45. The van der Waals surface area contributed by atoms with E-state index in [9.17, 15) is 19.2 Å². The summed E-state index contributed by atoms with van der Waals surface area (Å²) in [7, 11) is 0. The van der Waals surface area contributed by atoms with Crippen LogP contribution in [0.4, 0.5) is 4.79 Å². The number of hydrogen-bond acceptors (Lipinski definition) is 8. The van der Waals surface area contributed by atoms with E-state index in [2.05, 4.69) is 20.3 Å². The first-order valence-electron chi connectivity index (χ1n) is 14.7. The van der Waals surface area contributed by atoms with Gasteiger partial charge in [0.1, 0.15) is 39.4 Å². The van der Waals surface area contributed by atoms with Crippen LogP contribution in [0.25, 0.3) is 12.2 Å². The molecule has 4 aromatic rings. The van der Waals surface area contributed by atoms with E-state index in [1.807, 2.05) is 63.2 Å². The number of aromatic amines is 2. The van der Waals surface area contributed by atoms with E-state index >= 15 is 0 Å². The van der Waals surface area contributed by atoms with Gasteiger partial charge < -0.3 is 29.5 Å². The first-order chi connectivity index (χ1) is 21.6. The molecule has 0 saturated carbocycles. The third-order valence-corrected chi connectivity index (χ3v) is 6.13. The maximum atomic E-state index is 13.3. The highest BCUT2D eigenvalue weighted by Crippen LogP contribution is 2.20. The fourth-order valence-corrected chi connectivity index (χ4v) is 4.21. The minimum absolute atomic E-state index is 0.00741. The summed E-state index contributed by atoms with van der Waals surface area (Å²) in [6.45, 7) is 11.0. The van der Waals surface area contributed by atoms with Gasteiger partial charge in [-0.15, -0.1) is 0 Å². The number of ether oxygens (including phenoxy) is 3. The van der Waals surface area contributed by atoms with Crippen LogP contribution in [0.5, 0.6) is 11.5 Å². The molecule has 3 N–H and O–H groups in total. The number of nitrogens with one attached hydrogen (secondary N) is 3. The molecule has 4 rings (SSSR count). The summed E-state index contributed by atoms with van der Waals surface area (Å²) in [5.41, 5.74) is -0.261. The maximum absolute atomic E-state index is 13.3. The van der Waals surface area contributed by atoms with Crippen molar-refractivity contribution in [1.82, 2.24) is 20.3 Å². The molecule has 240 valence electrons. The van der Waals surface area contributed by atoms with E-state index in [1.165, 1.54) is 24.4 Å².